The molecule has 0 unspecified atom stereocenters. The van der Waals surface area contributed by atoms with Gasteiger partial charge in [0.2, 0.25) is 0 Å². The number of benzene rings is 10. The van der Waals surface area contributed by atoms with Crippen molar-refractivity contribution in [2.75, 3.05) is 0 Å². The van der Waals surface area contributed by atoms with E-state index in [2.05, 4.69) is 264 Å². The molecule has 0 bridgehead atoms. The number of nitrogens with zero attached hydrogens (tertiary/aromatic N) is 2. The molecule has 0 N–H and O–H groups in total. The summed E-state index contributed by atoms with van der Waals surface area (Å²) in [5.41, 5.74) is 11.9. The Balaban J connectivity index is 1.13. The summed E-state index contributed by atoms with van der Waals surface area (Å²) in [6, 6.07) is 94.2. The molecule has 63 heavy (non-hydrogen) atoms. The third-order valence-corrected chi connectivity index (χ3v) is 17.8. The molecule has 0 aliphatic rings. The Kier molecular flexibility index (Phi) is 8.87. The fourth-order valence-corrected chi connectivity index (χ4v) is 15.2. The van der Waals surface area contributed by atoms with Crippen LogP contribution in [-0.4, -0.2) is 17.2 Å². The van der Waals surface area contributed by atoms with E-state index in [0.29, 0.717) is 0 Å². The van der Waals surface area contributed by atoms with Crippen LogP contribution >= 0.6 is 0 Å². The molecule has 0 saturated carbocycles. The second kappa shape index (κ2) is 15.2. The number of para-hydroxylation sites is 2. The van der Waals surface area contributed by atoms with Gasteiger partial charge in [0, 0.05) is 32.8 Å². The van der Waals surface area contributed by atoms with Gasteiger partial charge >= 0.3 is 0 Å². The van der Waals surface area contributed by atoms with Crippen LogP contribution in [0, 0.1) is 0 Å². The van der Waals surface area contributed by atoms with Gasteiger partial charge in [0.05, 0.1) is 27.8 Å². The molecule has 2 heterocycles. The Labute approximate surface area is 368 Å². The lowest BCUT2D eigenvalue weighted by molar-refractivity contribution is 1.17. The first kappa shape index (κ1) is 36.8. The van der Waals surface area contributed by atoms with Crippen LogP contribution in [-0.2, 0) is 0 Å². The molecule has 0 radical (unpaired) electrons. The highest BCUT2D eigenvalue weighted by Crippen LogP contribution is 2.42. The van der Waals surface area contributed by atoms with E-state index in [-0.39, 0.29) is 0 Å². The van der Waals surface area contributed by atoms with E-state index in [1.807, 2.05) is 0 Å². The summed E-state index contributed by atoms with van der Waals surface area (Å²) in [4.78, 5) is 0. The minimum atomic E-state index is -2.78. The molecule has 0 atom stereocenters. The van der Waals surface area contributed by atoms with Gasteiger partial charge < -0.3 is 9.13 Å². The van der Waals surface area contributed by atoms with Crippen LogP contribution in [0.5, 0.6) is 0 Å². The highest BCUT2D eigenvalue weighted by atomic mass is 28.3. The van der Waals surface area contributed by atoms with Crippen molar-refractivity contribution in [3.8, 4) is 33.6 Å². The first-order valence-electron chi connectivity index (χ1n) is 21.8. The maximum Gasteiger partial charge on any atom is 0.179 e. The second-order valence-electron chi connectivity index (χ2n) is 16.4. The third kappa shape index (κ3) is 5.85. The Bertz CT molecular complexity index is 3500. The molecule has 0 saturated heterocycles. The molecular formula is C60H42N2Si. The zero-order chi connectivity index (χ0) is 41.7. The van der Waals surface area contributed by atoms with E-state index in [1.54, 1.807) is 0 Å². The molecule has 0 aliphatic carbocycles. The van der Waals surface area contributed by atoms with Crippen LogP contribution in [0.4, 0.5) is 0 Å². The Morgan fingerprint density at radius 3 is 1.35 bits per heavy atom. The van der Waals surface area contributed by atoms with Crippen molar-refractivity contribution in [1.82, 2.24) is 9.13 Å². The molecule has 296 valence electrons. The highest BCUT2D eigenvalue weighted by molar-refractivity contribution is 7.20. The number of hydrogen-bond donors (Lipinski definition) is 0. The Hall–Kier alpha value is -7.98. The molecular weight excluding hydrogens is 777 g/mol. The predicted molar refractivity (Wildman–Crippen MR) is 270 cm³/mol. The van der Waals surface area contributed by atoms with Gasteiger partial charge in [-0.15, -0.1) is 0 Å². The van der Waals surface area contributed by atoms with Crippen molar-refractivity contribution in [2.45, 2.75) is 0 Å². The lowest BCUT2D eigenvalue weighted by Crippen LogP contribution is -2.74. The summed E-state index contributed by atoms with van der Waals surface area (Å²) < 4.78 is 4.98. The van der Waals surface area contributed by atoms with Crippen LogP contribution < -0.4 is 20.7 Å². The molecule has 3 heteroatoms. The minimum absolute atomic E-state index is 1.14. The van der Waals surface area contributed by atoms with Crippen molar-refractivity contribution in [3.63, 3.8) is 0 Å². The van der Waals surface area contributed by atoms with E-state index in [9.17, 15) is 0 Å². The maximum atomic E-state index is 2.52. The molecule has 12 rings (SSSR count). The van der Waals surface area contributed by atoms with Gasteiger partial charge in [0.25, 0.3) is 0 Å². The summed E-state index contributed by atoms with van der Waals surface area (Å²) in [7, 11) is -2.78. The molecule has 12 aromatic rings. The fourth-order valence-electron chi connectivity index (χ4n) is 10.4. The van der Waals surface area contributed by atoms with Crippen LogP contribution in [0.2, 0.25) is 0 Å². The van der Waals surface area contributed by atoms with Crippen molar-refractivity contribution in [2.24, 2.45) is 0 Å². The van der Waals surface area contributed by atoms with Gasteiger partial charge in [0.1, 0.15) is 0 Å². The van der Waals surface area contributed by atoms with E-state index in [1.165, 1.54) is 86.6 Å². The molecule has 2 aromatic heterocycles. The van der Waals surface area contributed by atoms with Gasteiger partial charge in [0.15, 0.2) is 8.07 Å². The fraction of sp³-hybridized carbons (Fsp3) is 0. The average Bonchev–Trinajstić information content (AvgIpc) is 3.88. The molecule has 10 aromatic carbocycles. The zero-order valence-corrected chi connectivity index (χ0v) is 35.6. The van der Waals surface area contributed by atoms with Crippen LogP contribution in [0.25, 0.3) is 77.2 Å². The zero-order valence-electron chi connectivity index (χ0n) is 34.6. The summed E-state index contributed by atoms with van der Waals surface area (Å²) >= 11 is 0. The lowest BCUT2D eigenvalue weighted by atomic mass is 9.93. The number of aromatic nitrogens is 2. The van der Waals surface area contributed by atoms with E-state index >= 15 is 0 Å². The SMILES string of the molecule is c1ccc(-c2cccc(-n3c4ccccc4c4cc(-n5c6ccccc6c6ccc([Si](c7ccccc7)(c7ccccc7)c7ccccc7)cc65)ccc43)c2-c2ccccc2)cc1. The smallest absolute Gasteiger partial charge is 0.179 e. The van der Waals surface area contributed by atoms with Gasteiger partial charge in [-0.05, 0) is 79.9 Å². The van der Waals surface area contributed by atoms with Crippen molar-refractivity contribution < 1.29 is 0 Å². The summed E-state index contributed by atoms with van der Waals surface area (Å²) in [5.74, 6) is 0. The van der Waals surface area contributed by atoms with Gasteiger partial charge in [-0.2, -0.15) is 0 Å². The summed E-state index contributed by atoms with van der Waals surface area (Å²) in [6.45, 7) is 0. The Morgan fingerprint density at radius 2 is 0.746 bits per heavy atom. The summed E-state index contributed by atoms with van der Waals surface area (Å²) in [5, 5.41) is 10.4. The molecule has 0 aliphatic heterocycles. The van der Waals surface area contributed by atoms with Crippen LogP contribution in [0.15, 0.2) is 255 Å². The summed E-state index contributed by atoms with van der Waals surface area (Å²) in [6.07, 6.45) is 0. The lowest BCUT2D eigenvalue weighted by Gasteiger charge is -2.34. The minimum Gasteiger partial charge on any atom is -0.309 e. The van der Waals surface area contributed by atoms with Gasteiger partial charge in [-0.3, -0.25) is 0 Å². The molecule has 0 spiro atoms. The number of fused-ring (bicyclic) bond motifs is 6. The van der Waals surface area contributed by atoms with Gasteiger partial charge in [-0.1, -0.05) is 212 Å². The normalized spacial score (nSPS) is 11.8. The predicted octanol–water partition coefficient (Wildman–Crippen LogP) is 12.6. The second-order valence-corrected chi connectivity index (χ2v) is 20.2. The first-order valence-corrected chi connectivity index (χ1v) is 23.8. The molecule has 0 fully saturated rings. The van der Waals surface area contributed by atoms with E-state index < -0.39 is 8.07 Å². The van der Waals surface area contributed by atoms with Crippen LogP contribution in [0.1, 0.15) is 0 Å². The third-order valence-electron chi connectivity index (χ3n) is 13.1. The largest absolute Gasteiger partial charge is 0.309 e. The van der Waals surface area contributed by atoms with Crippen molar-refractivity contribution in [3.05, 3.63) is 255 Å². The highest BCUT2D eigenvalue weighted by Gasteiger charge is 2.41. The van der Waals surface area contributed by atoms with Crippen molar-refractivity contribution in [1.29, 1.82) is 0 Å². The number of rotatable bonds is 8. The van der Waals surface area contributed by atoms with Gasteiger partial charge in [-0.25, -0.2) is 0 Å². The monoisotopic (exact) mass is 818 g/mol. The first-order chi connectivity index (χ1) is 31.3. The maximum absolute atomic E-state index is 2.78. The molecule has 0 amide bonds. The van der Waals surface area contributed by atoms with E-state index in [4.69, 9.17) is 0 Å². The topological polar surface area (TPSA) is 9.86 Å². The van der Waals surface area contributed by atoms with Crippen molar-refractivity contribution >= 4 is 72.4 Å². The molecule has 2 nitrogen and oxygen atoms in total. The Morgan fingerprint density at radius 1 is 0.270 bits per heavy atom. The van der Waals surface area contributed by atoms with Crippen LogP contribution in [0.3, 0.4) is 0 Å². The average molecular weight is 819 g/mol. The number of hydrogen-bond acceptors (Lipinski definition) is 0. The standard InChI is InChI=1S/C60H42N2Si/c1-6-21-43(22-7-1)50-33-20-36-58(60(50)44-23-8-2-9-24-44)62-56-35-19-17-32-52(56)54-41-45(37-40-57(54)62)61-55-34-18-16-31-51(55)53-39-38-49(42-59(53)61)63(46-25-10-3-11-26-46,47-27-12-4-13-28-47)48-29-14-5-15-30-48/h1-42H. The quantitative estimate of drug-likeness (QED) is 0.107. The van der Waals surface area contributed by atoms with E-state index in [0.717, 1.165) is 11.4 Å².